The molecule has 2 rings (SSSR count). The maximum Gasteiger partial charge on any atom is 0.251 e. The van der Waals surface area contributed by atoms with Gasteiger partial charge in [0.2, 0.25) is 5.89 Å². The molecule has 2 aromatic heterocycles. The van der Waals surface area contributed by atoms with Gasteiger partial charge in [-0.15, -0.1) is 10.2 Å². The average molecular weight is 193 g/mol. The molecule has 6 heteroatoms. The molecule has 0 bridgehead atoms. The first-order chi connectivity index (χ1) is 6.68. The number of rotatable bonds is 2. The number of hydrogen-bond donors (Lipinski definition) is 2. The molecule has 0 radical (unpaired) electrons. The van der Waals surface area contributed by atoms with E-state index in [1.165, 1.54) is 0 Å². The summed E-state index contributed by atoms with van der Waals surface area (Å²) in [4.78, 5) is 0. The molecule has 0 saturated carbocycles. The molecule has 2 aromatic rings. The first-order valence-corrected chi connectivity index (χ1v) is 4.28. The van der Waals surface area contributed by atoms with E-state index >= 15 is 0 Å². The number of aryl methyl sites for hydroxylation is 1. The summed E-state index contributed by atoms with van der Waals surface area (Å²) in [5.41, 5.74) is 7.30. The molecule has 0 spiro atoms. The lowest BCUT2D eigenvalue weighted by Gasteiger charge is -1.94. The predicted octanol–water partition coefficient (Wildman–Crippen LogP) is 0.788. The Morgan fingerprint density at radius 1 is 1.50 bits per heavy atom. The van der Waals surface area contributed by atoms with Crippen LogP contribution in [0.4, 0.5) is 0 Å². The van der Waals surface area contributed by atoms with Crippen molar-refractivity contribution in [1.29, 1.82) is 0 Å². The molecule has 6 nitrogen and oxygen atoms in total. The largest absolute Gasteiger partial charge is 0.419 e. The van der Waals surface area contributed by atoms with Crippen LogP contribution in [0.1, 0.15) is 24.6 Å². The topological polar surface area (TPSA) is 93.6 Å². The van der Waals surface area contributed by atoms with E-state index in [1.54, 1.807) is 13.1 Å². The standard InChI is InChI=1S/C8H11N5O/c1-4(9)7-12-13-8(14-7)6-3-10-11-5(6)2/h3-4H,9H2,1-2H3,(H,10,11). The van der Waals surface area contributed by atoms with Crippen molar-refractivity contribution in [3.8, 4) is 11.5 Å². The third kappa shape index (κ3) is 1.39. The van der Waals surface area contributed by atoms with E-state index in [0.717, 1.165) is 11.3 Å². The van der Waals surface area contributed by atoms with E-state index in [0.29, 0.717) is 11.8 Å². The van der Waals surface area contributed by atoms with Crippen LogP contribution in [0.25, 0.3) is 11.5 Å². The van der Waals surface area contributed by atoms with E-state index in [1.807, 2.05) is 6.92 Å². The quantitative estimate of drug-likeness (QED) is 0.735. The Labute approximate surface area is 80.5 Å². The van der Waals surface area contributed by atoms with Gasteiger partial charge in [0.1, 0.15) is 0 Å². The number of nitrogens with two attached hydrogens (primary N) is 1. The van der Waals surface area contributed by atoms with Crippen LogP contribution < -0.4 is 5.73 Å². The normalized spacial score (nSPS) is 13.1. The predicted molar refractivity (Wildman–Crippen MR) is 49.2 cm³/mol. The summed E-state index contributed by atoms with van der Waals surface area (Å²) < 4.78 is 5.36. The van der Waals surface area contributed by atoms with Gasteiger partial charge >= 0.3 is 0 Å². The smallest absolute Gasteiger partial charge is 0.251 e. The fourth-order valence-corrected chi connectivity index (χ4v) is 1.09. The molecule has 0 aliphatic heterocycles. The summed E-state index contributed by atoms with van der Waals surface area (Å²) in [6, 6.07) is -0.247. The van der Waals surface area contributed by atoms with Crippen molar-refractivity contribution in [2.75, 3.05) is 0 Å². The first-order valence-electron chi connectivity index (χ1n) is 4.28. The van der Waals surface area contributed by atoms with Crippen LogP contribution >= 0.6 is 0 Å². The summed E-state index contributed by atoms with van der Waals surface area (Å²) in [7, 11) is 0. The summed E-state index contributed by atoms with van der Waals surface area (Å²) in [6.07, 6.45) is 1.65. The molecule has 1 unspecified atom stereocenters. The molecular weight excluding hydrogens is 182 g/mol. The first kappa shape index (κ1) is 8.89. The zero-order valence-corrected chi connectivity index (χ0v) is 7.98. The van der Waals surface area contributed by atoms with Gasteiger partial charge in [-0.05, 0) is 13.8 Å². The van der Waals surface area contributed by atoms with Crippen LogP contribution in [-0.4, -0.2) is 20.4 Å². The molecular formula is C8H11N5O. The number of nitrogens with zero attached hydrogens (tertiary/aromatic N) is 3. The molecule has 74 valence electrons. The minimum absolute atomic E-state index is 0.247. The van der Waals surface area contributed by atoms with Gasteiger partial charge < -0.3 is 10.2 Å². The molecule has 14 heavy (non-hydrogen) atoms. The lowest BCUT2D eigenvalue weighted by molar-refractivity contribution is 0.473. The maximum atomic E-state index is 5.60. The van der Waals surface area contributed by atoms with E-state index < -0.39 is 0 Å². The van der Waals surface area contributed by atoms with Crippen LogP contribution in [0, 0.1) is 6.92 Å². The lowest BCUT2D eigenvalue weighted by Crippen LogP contribution is -2.04. The average Bonchev–Trinajstić information content (AvgIpc) is 2.71. The zero-order chi connectivity index (χ0) is 10.1. The monoisotopic (exact) mass is 193 g/mol. The SMILES string of the molecule is Cc1[nH]ncc1-c1nnc(C(C)N)o1. The van der Waals surface area contributed by atoms with Crippen molar-refractivity contribution in [3.05, 3.63) is 17.8 Å². The fourth-order valence-electron chi connectivity index (χ4n) is 1.09. The van der Waals surface area contributed by atoms with Crippen LogP contribution in [0.15, 0.2) is 10.6 Å². The number of H-pyrrole nitrogens is 1. The minimum Gasteiger partial charge on any atom is -0.419 e. The van der Waals surface area contributed by atoms with Crippen molar-refractivity contribution < 1.29 is 4.42 Å². The molecule has 0 aliphatic carbocycles. The van der Waals surface area contributed by atoms with Crippen LogP contribution in [0.5, 0.6) is 0 Å². The maximum absolute atomic E-state index is 5.60. The fraction of sp³-hybridized carbons (Fsp3) is 0.375. The highest BCUT2D eigenvalue weighted by Gasteiger charge is 2.13. The van der Waals surface area contributed by atoms with Gasteiger partial charge in [0.25, 0.3) is 5.89 Å². The minimum atomic E-state index is -0.247. The Hall–Kier alpha value is -1.69. The Balaban J connectivity index is 2.39. The summed E-state index contributed by atoms with van der Waals surface area (Å²) in [5.74, 6) is 0.879. The van der Waals surface area contributed by atoms with E-state index in [9.17, 15) is 0 Å². The highest BCUT2D eigenvalue weighted by Crippen LogP contribution is 2.21. The number of aromatic amines is 1. The summed E-state index contributed by atoms with van der Waals surface area (Å²) in [6.45, 7) is 3.68. The molecule has 1 atom stereocenters. The van der Waals surface area contributed by atoms with E-state index in [4.69, 9.17) is 10.2 Å². The highest BCUT2D eigenvalue weighted by molar-refractivity contribution is 5.53. The van der Waals surface area contributed by atoms with Crippen molar-refractivity contribution in [1.82, 2.24) is 20.4 Å². The summed E-state index contributed by atoms with van der Waals surface area (Å²) >= 11 is 0. The van der Waals surface area contributed by atoms with E-state index in [2.05, 4.69) is 20.4 Å². The van der Waals surface area contributed by atoms with Gasteiger partial charge in [0.15, 0.2) is 0 Å². The zero-order valence-electron chi connectivity index (χ0n) is 7.98. The summed E-state index contributed by atoms with van der Waals surface area (Å²) in [5, 5.41) is 14.4. The van der Waals surface area contributed by atoms with Crippen LogP contribution in [0.3, 0.4) is 0 Å². The van der Waals surface area contributed by atoms with Crippen LogP contribution in [0.2, 0.25) is 0 Å². The molecule has 0 aromatic carbocycles. The molecule has 3 N–H and O–H groups in total. The van der Waals surface area contributed by atoms with Crippen molar-refractivity contribution in [3.63, 3.8) is 0 Å². The molecule has 2 heterocycles. The Bertz CT molecular complexity index is 430. The van der Waals surface area contributed by atoms with Gasteiger partial charge in [0, 0.05) is 5.69 Å². The van der Waals surface area contributed by atoms with Gasteiger partial charge in [0.05, 0.1) is 17.8 Å². The van der Waals surface area contributed by atoms with Gasteiger partial charge in [-0.1, -0.05) is 0 Å². The highest BCUT2D eigenvalue weighted by atomic mass is 16.4. The van der Waals surface area contributed by atoms with Crippen LogP contribution in [-0.2, 0) is 0 Å². The molecule has 0 aliphatic rings. The van der Waals surface area contributed by atoms with E-state index in [-0.39, 0.29) is 6.04 Å². The Morgan fingerprint density at radius 2 is 2.29 bits per heavy atom. The van der Waals surface area contributed by atoms with Gasteiger partial charge in [-0.3, -0.25) is 5.10 Å². The number of aromatic nitrogens is 4. The third-order valence-electron chi connectivity index (χ3n) is 1.89. The third-order valence-corrected chi connectivity index (χ3v) is 1.89. The number of nitrogens with one attached hydrogen (secondary N) is 1. The van der Waals surface area contributed by atoms with Crippen molar-refractivity contribution in [2.24, 2.45) is 5.73 Å². The van der Waals surface area contributed by atoms with Crippen molar-refractivity contribution >= 4 is 0 Å². The van der Waals surface area contributed by atoms with Gasteiger partial charge in [-0.2, -0.15) is 5.10 Å². The number of hydrogen-bond acceptors (Lipinski definition) is 5. The van der Waals surface area contributed by atoms with Gasteiger partial charge in [-0.25, -0.2) is 0 Å². The molecule has 0 amide bonds. The lowest BCUT2D eigenvalue weighted by atomic mass is 10.3. The second-order valence-corrected chi connectivity index (χ2v) is 3.14. The second-order valence-electron chi connectivity index (χ2n) is 3.14. The van der Waals surface area contributed by atoms with Crippen molar-refractivity contribution in [2.45, 2.75) is 19.9 Å². The molecule has 0 fully saturated rings. The Kier molecular flexibility index (Phi) is 2.05. The molecule has 0 saturated heterocycles. The second kappa shape index (κ2) is 3.22. The Morgan fingerprint density at radius 3 is 2.79 bits per heavy atom.